The van der Waals surface area contributed by atoms with Crippen LogP contribution in [0, 0.1) is 5.82 Å². The van der Waals surface area contributed by atoms with Crippen LogP contribution in [0.15, 0.2) is 59.6 Å². The first-order valence-electron chi connectivity index (χ1n) is 6.66. The van der Waals surface area contributed by atoms with Gasteiger partial charge in [-0.05, 0) is 41.5 Å². The van der Waals surface area contributed by atoms with E-state index < -0.39 is 0 Å². The van der Waals surface area contributed by atoms with E-state index in [9.17, 15) is 4.39 Å². The summed E-state index contributed by atoms with van der Waals surface area (Å²) in [5, 5.41) is 3.30. The molecule has 2 aromatic carbocycles. The van der Waals surface area contributed by atoms with Gasteiger partial charge in [0.1, 0.15) is 18.2 Å². The van der Waals surface area contributed by atoms with Crippen LogP contribution in [-0.2, 0) is 13.1 Å². The molecule has 0 aliphatic heterocycles. The smallest absolute Gasteiger partial charge is 0.123 e. The summed E-state index contributed by atoms with van der Waals surface area (Å²) < 4.78 is 19.5. The van der Waals surface area contributed by atoms with Gasteiger partial charge >= 0.3 is 0 Å². The molecule has 0 unspecified atom stereocenters. The molecule has 110 valence electrons. The van der Waals surface area contributed by atoms with Gasteiger partial charge in [-0.2, -0.15) is 0 Å². The summed E-state index contributed by atoms with van der Waals surface area (Å²) in [5.41, 5.74) is 2.05. The van der Waals surface area contributed by atoms with Gasteiger partial charge in [0.15, 0.2) is 0 Å². The molecule has 0 spiro atoms. The normalized spacial score (nSPS) is 10.4. The fourth-order valence-corrected chi connectivity index (χ4v) is 2.27. The average molecular weight is 350 g/mol. The lowest BCUT2D eigenvalue weighted by Crippen LogP contribution is -2.13. The van der Waals surface area contributed by atoms with Crippen LogP contribution >= 0.6 is 15.9 Å². The largest absolute Gasteiger partial charge is 0.490 e. The van der Waals surface area contributed by atoms with Crippen LogP contribution in [0.2, 0.25) is 0 Å². The predicted octanol–water partition coefficient (Wildman–Crippen LogP) is 4.44. The first-order valence-corrected chi connectivity index (χ1v) is 7.45. The van der Waals surface area contributed by atoms with E-state index in [1.54, 1.807) is 12.1 Å². The summed E-state index contributed by atoms with van der Waals surface area (Å²) >= 11 is 3.42. The zero-order valence-electron chi connectivity index (χ0n) is 11.6. The number of nitrogens with one attached hydrogen (secondary N) is 1. The molecule has 0 atom stereocenters. The van der Waals surface area contributed by atoms with Crippen LogP contribution in [0.1, 0.15) is 11.1 Å². The second kappa shape index (κ2) is 7.96. The van der Waals surface area contributed by atoms with Crippen molar-refractivity contribution in [1.82, 2.24) is 5.32 Å². The van der Waals surface area contributed by atoms with Crippen LogP contribution in [-0.4, -0.2) is 6.61 Å². The molecule has 1 N–H and O–H groups in total. The van der Waals surface area contributed by atoms with E-state index in [4.69, 9.17) is 4.74 Å². The summed E-state index contributed by atoms with van der Waals surface area (Å²) in [6.45, 7) is 5.43. The van der Waals surface area contributed by atoms with Crippen molar-refractivity contribution in [2.45, 2.75) is 13.1 Å². The van der Waals surface area contributed by atoms with Gasteiger partial charge in [-0.15, -0.1) is 0 Å². The Labute approximate surface area is 132 Å². The standard InChI is InChI=1S/C17H17BrFNO/c1-2-9-21-16-6-3-13(4-7-16)11-20-12-14-10-15(19)5-8-17(14)18/h2-8,10,20H,1,9,11-12H2. The van der Waals surface area contributed by atoms with Crippen molar-refractivity contribution in [3.63, 3.8) is 0 Å². The first-order chi connectivity index (χ1) is 10.2. The second-order valence-electron chi connectivity index (χ2n) is 4.58. The zero-order valence-corrected chi connectivity index (χ0v) is 13.2. The number of ether oxygens (including phenoxy) is 1. The Bertz CT molecular complexity index is 598. The molecule has 2 rings (SSSR count). The lowest BCUT2D eigenvalue weighted by molar-refractivity contribution is 0.363. The summed E-state index contributed by atoms with van der Waals surface area (Å²) in [6, 6.07) is 12.6. The Kier molecular flexibility index (Phi) is 5.96. The van der Waals surface area contributed by atoms with Crippen molar-refractivity contribution in [2.24, 2.45) is 0 Å². The highest BCUT2D eigenvalue weighted by molar-refractivity contribution is 9.10. The quantitative estimate of drug-likeness (QED) is 0.746. The van der Waals surface area contributed by atoms with Gasteiger partial charge in [-0.1, -0.05) is 40.7 Å². The summed E-state index contributed by atoms with van der Waals surface area (Å²) in [5.74, 6) is 0.602. The Hall–Kier alpha value is -1.65. The molecule has 0 bridgehead atoms. The number of hydrogen-bond acceptors (Lipinski definition) is 2. The maximum Gasteiger partial charge on any atom is 0.123 e. The molecule has 2 aromatic rings. The number of halogens is 2. The van der Waals surface area contributed by atoms with Gasteiger partial charge in [0.05, 0.1) is 0 Å². The van der Waals surface area contributed by atoms with Crippen molar-refractivity contribution < 1.29 is 9.13 Å². The molecule has 0 radical (unpaired) electrons. The van der Waals surface area contributed by atoms with Crippen LogP contribution in [0.3, 0.4) is 0 Å². The van der Waals surface area contributed by atoms with E-state index in [0.29, 0.717) is 19.7 Å². The first kappa shape index (κ1) is 15.7. The number of hydrogen-bond donors (Lipinski definition) is 1. The number of rotatable bonds is 7. The predicted molar refractivity (Wildman–Crippen MR) is 86.8 cm³/mol. The maximum absolute atomic E-state index is 13.2. The highest BCUT2D eigenvalue weighted by Gasteiger charge is 2.02. The van der Waals surface area contributed by atoms with Crippen LogP contribution in [0.4, 0.5) is 4.39 Å². The van der Waals surface area contributed by atoms with Crippen molar-refractivity contribution in [1.29, 1.82) is 0 Å². The van der Waals surface area contributed by atoms with Crippen molar-refractivity contribution in [3.8, 4) is 5.75 Å². The molecule has 4 heteroatoms. The molecular formula is C17H17BrFNO. The van der Waals surface area contributed by atoms with Crippen LogP contribution < -0.4 is 10.1 Å². The molecule has 21 heavy (non-hydrogen) atoms. The molecule has 0 saturated carbocycles. The SMILES string of the molecule is C=CCOc1ccc(CNCc2cc(F)ccc2Br)cc1. The summed E-state index contributed by atoms with van der Waals surface area (Å²) in [7, 11) is 0. The van der Waals surface area contributed by atoms with E-state index in [-0.39, 0.29) is 5.82 Å². The fraction of sp³-hybridized carbons (Fsp3) is 0.176. The third-order valence-electron chi connectivity index (χ3n) is 2.94. The molecule has 0 saturated heterocycles. The minimum atomic E-state index is -0.223. The highest BCUT2D eigenvalue weighted by atomic mass is 79.9. The second-order valence-corrected chi connectivity index (χ2v) is 5.44. The molecular weight excluding hydrogens is 333 g/mol. The van der Waals surface area contributed by atoms with E-state index in [0.717, 1.165) is 21.3 Å². The van der Waals surface area contributed by atoms with Gasteiger partial charge < -0.3 is 10.1 Å². The van der Waals surface area contributed by atoms with Gasteiger partial charge in [-0.25, -0.2) is 4.39 Å². The van der Waals surface area contributed by atoms with Crippen molar-refractivity contribution in [3.05, 3.63) is 76.5 Å². The zero-order chi connectivity index (χ0) is 15.1. The third kappa shape index (κ3) is 4.99. The minimum absolute atomic E-state index is 0.223. The maximum atomic E-state index is 13.2. The highest BCUT2D eigenvalue weighted by Crippen LogP contribution is 2.18. The minimum Gasteiger partial charge on any atom is -0.490 e. The van der Waals surface area contributed by atoms with E-state index in [1.807, 2.05) is 24.3 Å². The fourth-order valence-electron chi connectivity index (χ4n) is 1.88. The molecule has 0 fully saturated rings. The van der Waals surface area contributed by atoms with E-state index in [1.165, 1.54) is 12.1 Å². The third-order valence-corrected chi connectivity index (χ3v) is 3.72. The molecule has 0 aliphatic carbocycles. The number of benzene rings is 2. The topological polar surface area (TPSA) is 21.3 Å². The van der Waals surface area contributed by atoms with Crippen molar-refractivity contribution in [2.75, 3.05) is 6.61 Å². The Morgan fingerprint density at radius 3 is 2.62 bits per heavy atom. The van der Waals surface area contributed by atoms with Gasteiger partial charge in [0, 0.05) is 17.6 Å². The molecule has 0 aromatic heterocycles. The molecule has 0 aliphatic rings. The van der Waals surface area contributed by atoms with Crippen molar-refractivity contribution >= 4 is 15.9 Å². The van der Waals surface area contributed by atoms with Crippen LogP contribution in [0.5, 0.6) is 5.75 Å². The Morgan fingerprint density at radius 2 is 1.90 bits per heavy atom. The lowest BCUT2D eigenvalue weighted by atomic mass is 10.2. The van der Waals surface area contributed by atoms with E-state index >= 15 is 0 Å². The molecule has 0 heterocycles. The average Bonchev–Trinajstić information content (AvgIpc) is 2.50. The monoisotopic (exact) mass is 349 g/mol. The summed E-state index contributed by atoms with van der Waals surface area (Å²) in [6.07, 6.45) is 1.71. The summed E-state index contributed by atoms with van der Waals surface area (Å²) in [4.78, 5) is 0. The Balaban J connectivity index is 1.85. The van der Waals surface area contributed by atoms with Crippen LogP contribution in [0.25, 0.3) is 0 Å². The van der Waals surface area contributed by atoms with Gasteiger partial charge in [-0.3, -0.25) is 0 Å². The lowest BCUT2D eigenvalue weighted by Gasteiger charge is -2.08. The Morgan fingerprint density at radius 1 is 1.14 bits per heavy atom. The van der Waals surface area contributed by atoms with E-state index in [2.05, 4.69) is 27.8 Å². The van der Waals surface area contributed by atoms with Gasteiger partial charge in [0.2, 0.25) is 0 Å². The van der Waals surface area contributed by atoms with Gasteiger partial charge in [0.25, 0.3) is 0 Å². The molecule has 0 amide bonds. The molecule has 2 nitrogen and oxygen atoms in total.